The third-order valence-electron chi connectivity index (χ3n) is 3.24. The Morgan fingerprint density at radius 3 is 2.72 bits per heavy atom. The number of carbonyl (C=O) groups excluding carboxylic acids is 1. The normalized spacial score (nSPS) is 19.7. The Balaban J connectivity index is 2.21. The van der Waals surface area contributed by atoms with Crippen LogP contribution in [-0.2, 0) is 4.79 Å². The number of benzene rings is 1. The molecule has 0 bridgehead atoms. The van der Waals surface area contributed by atoms with Crippen molar-refractivity contribution in [3.63, 3.8) is 0 Å². The van der Waals surface area contributed by atoms with Crippen LogP contribution in [-0.4, -0.2) is 30.5 Å². The van der Waals surface area contributed by atoms with Crippen LogP contribution >= 0.6 is 15.9 Å². The lowest BCUT2D eigenvalue weighted by Crippen LogP contribution is -2.29. The van der Waals surface area contributed by atoms with Gasteiger partial charge in [-0.05, 0) is 29.7 Å². The van der Waals surface area contributed by atoms with Crippen molar-refractivity contribution in [2.24, 2.45) is 0 Å². The van der Waals surface area contributed by atoms with Gasteiger partial charge in [0.15, 0.2) is 6.10 Å². The van der Waals surface area contributed by atoms with Crippen molar-refractivity contribution < 1.29 is 9.53 Å². The molecule has 1 saturated heterocycles. The van der Waals surface area contributed by atoms with E-state index in [1.54, 1.807) is 4.90 Å². The van der Waals surface area contributed by atoms with Gasteiger partial charge >= 0.3 is 0 Å². The predicted molar refractivity (Wildman–Crippen MR) is 74.9 cm³/mol. The van der Waals surface area contributed by atoms with E-state index in [-0.39, 0.29) is 12.0 Å². The van der Waals surface area contributed by atoms with Crippen molar-refractivity contribution in [2.75, 3.05) is 13.6 Å². The minimum Gasteiger partial charge on any atom is -0.480 e. The van der Waals surface area contributed by atoms with Crippen LogP contribution in [0, 0.1) is 0 Å². The minimum atomic E-state index is -0.325. The number of halogens is 1. The SMILES string of the molecule is CC(C)c1cc(Br)ccc1OC1CCN(C)C1=O. The van der Waals surface area contributed by atoms with Gasteiger partial charge in [-0.25, -0.2) is 0 Å². The number of carbonyl (C=O) groups is 1. The molecule has 1 amide bonds. The zero-order chi connectivity index (χ0) is 13.3. The Labute approximate surface area is 116 Å². The smallest absolute Gasteiger partial charge is 0.263 e. The van der Waals surface area contributed by atoms with Crippen LogP contribution < -0.4 is 4.74 Å². The molecule has 1 aliphatic rings. The summed E-state index contributed by atoms with van der Waals surface area (Å²) < 4.78 is 6.93. The highest BCUT2D eigenvalue weighted by molar-refractivity contribution is 9.10. The molecule has 0 N–H and O–H groups in total. The van der Waals surface area contributed by atoms with Gasteiger partial charge in [-0.3, -0.25) is 4.79 Å². The van der Waals surface area contributed by atoms with Crippen LogP contribution in [0.15, 0.2) is 22.7 Å². The van der Waals surface area contributed by atoms with Gasteiger partial charge in [-0.2, -0.15) is 0 Å². The van der Waals surface area contributed by atoms with E-state index in [1.165, 1.54) is 0 Å². The first kappa shape index (κ1) is 13.4. The Bertz CT molecular complexity index is 459. The lowest BCUT2D eigenvalue weighted by Gasteiger charge is -2.18. The van der Waals surface area contributed by atoms with Gasteiger partial charge in [0, 0.05) is 24.5 Å². The van der Waals surface area contributed by atoms with Crippen LogP contribution in [0.5, 0.6) is 5.75 Å². The molecule has 98 valence electrons. The zero-order valence-corrected chi connectivity index (χ0v) is 12.5. The summed E-state index contributed by atoms with van der Waals surface area (Å²) in [6.45, 7) is 5.02. The number of likely N-dealkylation sites (N-methyl/N-ethyl adjacent to an activating group) is 1. The maximum Gasteiger partial charge on any atom is 0.263 e. The summed E-state index contributed by atoms with van der Waals surface area (Å²) in [6, 6.07) is 5.94. The predicted octanol–water partition coefficient (Wildman–Crippen LogP) is 3.18. The first-order chi connectivity index (χ1) is 8.49. The number of hydrogen-bond donors (Lipinski definition) is 0. The van der Waals surface area contributed by atoms with E-state index in [0.717, 1.165) is 28.8 Å². The van der Waals surface area contributed by atoms with Crippen molar-refractivity contribution in [3.05, 3.63) is 28.2 Å². The molecule has 0 spiro atoms. The van der Waals surface area contributed by atoms with Crippen LogP contribution in [0.4, 0.5) is 0 Å². The number of rotatable bonds is 3. The van der Waals surface area contributed by atoms with Crippen LogP contribution in [0.2, 0.25) is 0 Å². The topological polar surface area (TPSA) is 29.5 Å². The third-order valence-corrected chi connectivity index (χ3v) is 3.73. The first-order valence-electron chi connectivity index (χ1n) is 6.20. The highest BCUT2D eigenvalue weighted by atomic mass is 79.9. The molecule has 1 aliphatic heterocycles. The standard InChI is InChI=1S/C14H18BrNO2/c1-9(2)11-8-10(15)4-5-12(11)18-13-6-7-16(3)14(13)17/h4-5,8-9,13H,6-7H2,1-3H3. The molecule has 18 heavy (non-hydrogen) atoms. The summed E-state index contributed by atoms with van der Waals surface area (Å²) in [5, 5.41) is 0. The molecule has 0 aliphatic carbocycles. The Morgan fingerprint density at radius 1 is 1.44 bits per heavy atom. The summed E-state index contributed by atoms with van der Waals surface area (Å²) in [6.07, 6.45) is 0.441. The third kappa shape index (κ3) is 2.69. The molecule has 0 radical (unpaired) electrons. The molecule has 1 aromatic rings. The molecule has 1 aromatic carbocycles. The lowest BCUT2D eigenvalue weighted by molar-refractivity contribution is -0.132. The van der Waals surface area contributed by atoms with Gasteiger partial charge in [-0.15, -0.1) is 0 Å². The highest BCUT2D eigenvalue weighted by Crippen LogP contribution is 2.31. The van der Waals surface area contributed by atoms with Gasteiger partial charge in [-0.1, -0.05) is 29.8 Å². The van der Waals surface area contributed by atoms with E-state index in [2.05, 4.69) is 35.8 Å². The fourth-order valence-corrected chi connectivity index (χ4v) is 2.51. The van der Waals surface area contributed by atoms with Crippen molar-refractivity contribution in [1.29, 1.82) is 0 Å². The summed E-state index contributed by atoms with van der Waals surface area (Å²) in [5.74, 6) is 1.27. The maximum absolute atomic E-state index is 11.8. The minimum absolute atomic E-state index is 0.0765. The number of amides is 1. The van der Waals surface area contributed by atoms with Crippen molar-refractivity contribution in [1.82, 2.24) is 4.90 Å². The van der Waals surface area contributed by atoms with E-state index >= 15 is 0 Å². The summed E-state index contributed by atoms with van der Waals surface area (Å²) in [5.41, 5.74) is 1.13. The maximum atomic E-state index is 11.8. The first-order valence-corrected chi connectivity index (χ1v) is 6.99. The largest absolute Gasteiger partial charge is 0.480 e. The molecular formula is C14H18BrNO2. The number of hydrogen-bond acceptors (Lipinski definition) is 2. The van der Waals surface area contributed by atoms with Crippen molar-refractivity contribution in [2.45, 2.75) is 32.3 Å². The Hall–Kier alpha value is -1.03. The van der Waals surface area contributed by atoms with Gasteiger partial charge in [0.25, 0.3) is 5.91 Å². The number of likely N-dealkylation sites (tertiary alicyclic amines) is 1. The second-order valence-electron chi connectivity index (χ2n) is 4.99. The Morgan fingerprint density at radius 2 is 2.17 bits per heavy atom. The molecule has 0 saturated carbocycles. The Kier molecular flexibility index (Phi) is 3.95. The van der Waals surface area contributed by atoms with E-state index in [1.807, 2.05) is 19.2 Å². The molecular weight excluding hydrogens is 294 g/mol. The fraction of sp³-hybridized carbons (Fsp3) is 0.500. The summed E-state index contributed by atoms with van der Waals surface area (Å²) in [7, 11) is 1.82. The second kappa shape index (κ2) is 5.31. The number of ether oxygens (including phenoxy) is 1. The van der Waals surface area contributed by atoms with Crippen LogP contribution in [0.25, 0.3) is 0 Å². The van der Waals surface area contributed by atoms with Crippen molar-refractivity contribution >= 4 is 21.8 Å². The fourth-order valence-electron chi connectivity index (χ4n) is 2.13. The van der Waals surface area contributed by atoms with Gasteiger partial charge < -0.3 is 9.64 Å². The zero-order valence-electron chi connectivity index (χ0n) is 10.9. The summed E-state index contributed by atoms with van der Waals surface area (Å²) >= 11 is 3.47. The van der Waals surface area contributed by atoms with Crippen LogP contribution in [0.1, 0.15) is 31.7 Å². The van der Waals surface area contributed by atoms with E-state index in [0.29, 0.717) is 5.92 Å². The molecule has 1 unspecified atom stereocenters. The second-order valence-corrected chi connectivity index (χ2v) is 5.91. The van der Waals surface area contributed by atoms with E-state index in [4.69, 9.17) is 4.74 Å². The molecule has 1 fully saturated rings. The van der Waals surface area contributed by atoms with Crippen LogP contribution in [0.3, 0.4) is 0 Å². The van der Waals surface area contributed by atoms with E-state index in [9.17, 15) is 4.79 Å². The molecule has 2 rings (SSSR count). The van der Waals surface area contributed by atoms with Gasteiger partial charge in [0.05, 0.1) is 0 Å². The highest BCUT2D eigenvalue weighted by Gasteiger charge is 2.31. The molecule has 3 nitrogen and oxygen atoms in total. The van der Waals surface area contributed by atoms with Gasteiger partial charge in [0.2, 0.25) is 0 Å². The number of nitrogens with zero attached hydrogens (tertiary/aromatic N) is 1. The van der Waals surface area contributed by atoms with Crippen molar-refractivity contribution in [3.8, 4) is 5.75 Å². The molecule has 0 aromatic heterocycles. The lowest BCUT2D eigenvalue weighted by atomic mass is 10.0. The average molecular weight is 312 g/mol. The quantitative estimate of drug-likeness (QED) is 0.858. The summed E-state index contributed by atoms with van der Waals surface area (Å²) in [4.78, 5) is 13.6. The molecule has 1 atom stereocenters. The van der Waals surface area contributed by atoms with E-state index < -0.39 is 0 Å². The monoisotopic (exact) mass is 311 g/mol. The molecule has 1 heterocycles. The average Bonchev–Trinajstić information content (AvgIpc) is 2.63. The van der Waals surface area contributed by atoms with Gasteiger partial charge in [0.1, 0.15) is 5.75 Å². The molecule has 4 heteroatoms.